The second-order valence-corrected chi connectivity index (χ2v) is 8.46. The van der Waals surface area contributed by atoms with Crippen LogP contribution in [0.2, 0.25) is 5.15 Å². The van der Waals surface area contributed by atoms with E-state index in [9.17, 15) is 8.78 Å². The first-order valence-electron chi connectivity index (χ1n) is 9.48. The van der Waals surface area contributed by atoms with Crippen LogP contribution < -0.4 is 34.3 Å². The number of halogens is 5. The van der Waals surface area contributed by atoms with Crippen molar-refractivity contribution in [1.82, 2.24) is 9.97 Å². The van der Waals surface area contributed by atoms with Crippen molar-refractivity contribution >= 4 is 43.5 Å². The molecule has 4 nitrogen and oxygen atoms in total. The topological polar surface area (TPSA) is 55.2 Å². The van der Waals surface area contributed by atoms with Gasteiger partial charge in [-0.15, -0.1) is 0 Å². The van der Waals surface area contributed by atoms with Gasteiger partial charge in [-0.1, -0.05) is 48.0 Å². The molecule has 4 rings (SSSR count). The third-order valence-electron chi connectivity index (χ3n) is 3.85. The van der Waals surface area contributed by atoms with E-state index in [4.69, 9.17) is 21.4 Å². The molecule has 0 aliphatic heterocycles. The van der Waals surface area contributed by atoms with Gasteiger partial charge < -0.3 is 11.3 Å². The molecule has 0 radical (unpaired) electrons. The van der Waals surface area contributed by atoms with Crippen molar-refractivity contribution in [1.29, 1.82) is 0 Å². The van der Waals surface area contributed by atoms with E-state index in [0.717, 1.165) is 8.95 Å². The molecule has 10 heteroatoms. The monoisotopic (exact) mass is 622 g/mol. The Morgan fingerprint density at radius 3 is 1.74 bits per heavy atom. The van der Waals surface area contributed by atoms with Gasteiger partial charge in [-0.2, -0.15) is 0 Å². The standard InChI is InChI=1S/C12H9BrFNO.C7H7FO.C5H3BrClN.Na.H/c13-10-5-6-12(15-7-10)16-8-9-3-1-2-4-11(9)14;8-7-4-2-1-3-6(7)5-9;6-4-1-2-5(7)8-3-4;;/h1-7H,8H2;1-4,9H,5H2;1-3H;;/q;;;+1;-1. The molecule has 0 saturated carbocycles. The van der Waals surface area contributed by atoms with E-state index in [0.29, 0.717) is 22.2 Å². The number of nitrogens with zero attached hydrogens (tertiary/aromatic N) is 2. The second-order valence-electron chi connectivity index (χ2n) is 6.24. The Hall–Kier alpha value is -1.39. The summed E-state index contributed by atoms with van der Waals surface area (Å²) >= 11 is 12.0. The molecule has 0 aliphatic rings. The molecule has 0 bridgehead atoms. The fourth-order valence-corrected chi connectivity index (χ4v) is 2.78. The maximum absolute atomic E-state index is 13.2. The molecule has 0 atom stereocenters. The zero-order valence-electron chi connectivity index (χ0n) is 19.1. The quantitative estimate of drug-likeness (QED) is 0.269. The number of benzene rings is 2. The number of aromatic nitrogens is 2. The Balaban J connectivity index is 0.000000523. The number of hydrogen-bond donors (Lipinski definition) is 1. The van der Waals surface area contributed by atoms with Crippen molar-refractivity contribution in [2.45, 2.75) is 13.2 Å². The predicted molar refractivity (Wildman–Crippen MR) is 133 cm³/mol. The van der Waals surface area contributed by atoms with Gasteiger partial charge in [-0.25, -0.2) is 18.7 Å². The van der Waals surface area contributed by atoms with Crippen molar-refractivity contribution in [3.63, 3.8) is 0 Å². The molecule has 2 aromatic heterocycles. The molecule has 2 heterocycles. The van der Waals surface area contributed by atoms with Gasteiger partial charge in [0.05, 0.1) is 6.61 Å². The first-order chi connectivity index (χ1) is 15.9. The Bertz CT molecular complexity index is 1110. The summed E-state index contributed by atoms with van der Waals surface area (Å²) in [7, 11) is 0. The Morgan fingerprint density at radius 2 is 1.32 bits per heavy atom. The predicted octanol–water partition coefficient (Wildman–Crippen LogP) is 4.49. The summed E-state index contributed by atoms with van der Waals surface area (Å²) in [5.41, 5.74) is 0.865. The van der Waals surface area contributed by atoms with E-state index < -0.39 is 0 Å². The summed E-state index contributed by atoms with van der Waals surface area (Å²) in [6.45, 7) is -0.0476. The van der Waals surface area contributed by atoms with E-state index in [2.05, 4.69) is 41.8 Å². The first-order valence-corrected chi connectivity index (χ1v) is 11.4. The van der Waals surface area contributed by atoms with Crippen LogP contribution in [0.3, 0.4) is 0 Å². The molecule has 0 amide bonds. The van der Waals surface area contributed by atoms with Crippen LogP contribution in [0.5, 0.6) is 5.88 Å². The van der Waals surface area contributed by atoms with E-state index in [1.54, 1.807) is 60.9 Å². The third kappa shape index (κ3) is 11.8. The van der Waals surface area contributed by atoms with Gasteiger partial charge in [-0.3, -0.25) is 0 Å². The van der Waals surface area contributed by atoms with Crippen molar-refractivity contribution < 1.29 is 49.6 Å². The molecule has 0 unspecified atom stereocenters. The van der Waals surface area contributed by atoms with Crippen LogP contribution in [0, 0.1) is 11.6 Å². The number of pyridine rings is 2. The van der Waals surface area contributed by atoms with Crippen LogP contribution in [-0.2, 0) is 13.2 Å². The molecule has 0 aliphatic carbocycles. The molecular formula is C24H20Br2ClF2N2NaO2. The summed E-state index contributed by atoms with van der Waals surface area (Å²) in [4.78, 5) is 7.83. The second kappa shape index (κ2) is 17.1. The number of ether oxygens (including phenoxy) is 1. The Kier molecular flexibility index (Phi) is 15.4. The van der Waals surface area contributed by atoms with E-state index >= 15 is 0 Å². The molecule has 34 heavy (non-hydrogen) atoms. The minimum atomic E-state index is -0.347. The van der Waals surface area contributed by atoms with E-state index in [1.807, 2.05) is 12.1 Å². The minimum absolute atomic E-state index is 0. The SMILES string of the molecule is Clc1ccc(Br)cn1.Fc1ccccc1COc1ccc(Br)cn1.OCc1ccccc1F.[H-].[Na+]. The maximum atomic E-state index is 13.2. The number of rotatable bonds is 4. The van der Waals surface area contributed by atoms with E-state index in [-0.39, 0.29) is 55.8 Å². The molecule has 0 saturated heterocycles. The van der Waals surface area contributed by atoms with Crippen LogP contribution in [0.15, 0.2) is 94.1 Å². The Morgan fingerprint density at radius 1 is 0.794 bits per heavy atom. The van der Waals surface area contributed by atoms with Crippen LogP contribution in [0.1, 0.15) is 12.6 Å². The normalized spacial score (nSPS) is 9.47. The van der Waals surface area contributed by atoms with Gasteiger partial charge in [0.15, 0.2) is 0 Å². The fraction of sp³-hybridized carbons (Fsp3) is 0.0833. The molecule has 2 aromatic carbocycles. The molecule has 174 valence electrons. The third-order valence-corrected chi connectivity index (χ3v) is 5.01. The minimum Gasteiger partial charge on any atom is -1.00 e. The van der Waals surface area contributed by atoms with Gasteiger partial charge in [0.25, 0.3) is 0 Å². The first kappa shape index (κ1) is 30.6. The van der Waals surface area contributed by atoms with Crippen molar-refractivity contribution in [2.75, 3.05) is 0 Å². The largest absolute Gasteiger partial charge is 1.00 e. The van der Waals surface area contributed by atoms with Crippen molar-refractivity contribution in [3.05, 3.63) is 122 Å². The van der Waals surface area contributed by atoms with E-state index in [1.165, 1.54) is 12.1 Å². The zero-order valence-corrected chi connectivity index (χ0v) is 24.1. The van der Waals surface area contributed by atoms with Gasteiger partial charge in [-0.05, 0) is 62.2 Å². The number of aliphatic hydroxyl groups is 1. The molecule has 1 N–H and O–H groups in total. The summed E-state index contributed by atoms with van der Waals surface area (Å²) in [6.07, 6.45) is 3.29. The van der Waals surface area contributed by atoms with Crippen LogP contribution in [0.25, 0.3) is 0 Å². The van der Waals surface area contributed by atoms with Gasteiger partial charge in [0.1, 0.15) is 23.4 Å². The average molecular weight is 625 g/mol. The summed E-state index contributed by atoms with van der Waals surface area (Å²) in [5.74, 6) is -0.133. The summed E-state index contributed by atoms with van der Waals surface area (Å²) in [6, 6.07) is 19.8. The van der Waals surface area contributed by atoms with Crippen LogP contribution >= 0.6 is 43.5 Å². The summed E-state index contributed by atoms with van der Waals surface area (Å²) in [5, 5.41) is 9.00. The zero-order chi connectivity index (χ0) is 24.1. The smallest absolute Gasteiger partial charge is 1.00 e. The van der Waals surface area contributed by atoms with Crippen molar-refractivity contribution in [2.24, 2.45) is 0 Å². The van der Waals surface area contributed by atoms with Gasteiger partial charge in [0.2, 0.25) is 5.88 Å². The fourth-order valence-electron chi connectivity index (χ4n) is 2.20. The number of hydrogen-bond acceptors (Lipinski definition) is 4. The van der Waals surface area contributed by atoms with Crippen LogP contribution in [0.4, 0.5) is 8.78 Å². The van der Waals surface area contributed by atoms with Crippen molar-refractivity contribution in [3.8, 4) is 5.88 Å². The van der Waals surface area contributed by atoms with Gasteiger partial charge in [0, 0.05) is 38.5 Å². The molecular weight excluding hydrogens is 605 g/mol. The van der Waals surface area contributed by atoms with Gasteiger partial charge >= 0.3 is 29.6 Å². The summed E-state index contributed by atoms with van der Waals surface area (Å²) < 4.78 is 32.9. The number of aliphatic hydroxyl groups excluding tert-OH is 1. The average Bonchev–Trinajstić information content (AvgIpc) is 2.83. The maximum Gasteiger partial charge on any atom is 1.00 e. The Labute approximate surface area is 242 Å². The molecule has 0 spiro atoms. The van der Waals surface area contributed by atoms with Crippen LogP contribution in [-0.4, -0.2) is 15.1 Å². The molecule has 4 aromatic rings. The molecule has 0 fully saturated rings.